The lowest BCUT2D eigenvalue weighted by Crippen LogP contribution is -2.13. The zero-order valence-electron chi connectivity index (χ0n) is 9.58. The number of hydrogen-bond donors (Lipinski definition) is 1. The van der Waals surface area contributed by atoms with E-state index in [0.29, 0.717) is 5.56 Å². The van der Waals surface area contributed by atoms with Crippen LogP contribution in [0.25, 0.3) is 6.08 Å². The van der Waals surface area contributed by atoms with Crippen molar-refractivity contribution in [3.63, 3.8) is 0 Å². The normalized spacial score (nSPS) is 11.8. The van der Waals surface area contributed by atoms with Gasteiger partial charge < -0.3 is 9.84 Å². The molecule has 3 nitrogen and oxygen atoms in total. The summed E-state index contributed by atoms with van der Waals surface area (Å²) in [6.07, 6.45) is -3.11. The number of alkyl halides is 3. The van der Waals surface area contributed by atoms with E-state index in [4.69, 9.17) is 21.4 Å². The zero-order valence-corrected chi connectivity index (χ0v) is 10.3. The lowest BCUT2D eigenvalue weighted by Gasteiger charge is -2.10. The van der Waals surface area contributed by atoms with Crippen molar-refractivity contribution in [3.8, 4) is 5.75 Å². The van der Waals surface area contributed by atoms with Gasteiger partial charge in [-0.15, -0.1) is 0 Å². The van der Waals surface area contributed by atoms with Crippen LogP contribution < -0.4 is 4.74 Å². The second-order valence-corrected chi connectivity index (χ2v) is 3.98. The van der Waals surface area contributed by atoms with E-state index in [1.165, 1.54) is 24.3 Å². The maximum atomic E-state index is 11.9. The Hall–Kier alpha value is -1.69. The highest BCUT2D eigenvalue weighted by molar-refractivity contribution is 6.32. The van der Waals surface area contributed by atoms with E-state index in [-0.39, 0.29) is 10.8 Å². The third-order valence-corrected chi connectivity index (χ3v) is 2.31. The number of hydrogen-bond acceptors (Lipinski definition) is 2. The molecule has 7 heteroatoms. The van der Waals surface area contributed by atoms with Gasteiger partial charge in [0.1, 0.15) is 5.75 Å². The quantitative estimate of drug-likeness (QED) is 0.841. The molecule has 19 heavy (non-hydrogen) atoms. The van der Waals surface area contributed by atoms with E-state index in [1.54, 1.807) is 0 Å². The van der Waals surface area contributed by atoms with Gasteiger partial charge >= 0.3 is 12.1 Å². The number of rotatable bonds is 5. The van der Waals surface area contributed by atoms with Gasteiger partial charge in [0.15, 0.2) is 0 Å². The lowest BCUT2D eigenvalue weighted by molar-refractivity contribution is -0.139. The summed E-state index contributed by atoms with van der Waals surface area (Å²) in [5.74, 6) is -0.986. The summed E-state index contributed by atoms with van der Waals surface area (Å²) in [5, 5.41) is 8.56. The summed E-state index contributed by atoms with van der Waals surface area (Å²) in [4.78, 5) is 10.3. The standard InChI is InChI=1S/C12H10ClF3O3/c13-9-7-8(2-4-11(17)18)1-3-10(9)19-6-5-12(14,15)16/h1-4,7H,5-6H2,(H,17,18). The Labute approximate surface area is 112 Å². The predicted molar refractivity (Wildman–Crippen MR) is 64.3 cm³/mol. The average molecular weight is 295 g/mol. The van der Waals surface area contributed by atoms with Crippen LogP contribution in [0.15, 0.2) is 24.3 Å². The zero-order chi connectivity index (χ0) is 14.5. The Morgan fingerprint density at radius 3 is 2.63 bits per heavy atom. The van der Waals surface area contributed by atoms with Crippen LogP contribution in [0.1, 0.15) is 12.0 Å². The molecular weight excluding hydrogens is 285 g/mol. The minimum Gasteiger partial charge on any atom is -0.492 e. The number of ether oxygens (including phenoxy) is 1. The highest BCUT2D eigenvalue weighted by Crippen LogP contribution is 2.27. The van der Waals surface area contributed by atoms with Crippen LogP contribution in [-0.4, -0.2) is 23.9 Å². The average Bonchev–Trinajstić information content (AvgIpc) is 2.27. The van der Waals surface area contributed by atoms with Gasteiger partial charge in [-0.25, -0.2) is 4.79 Å². The smallest absolute Gasteiger partial charge is 0.392 e. The van der Waals surface area contributed by atoms with Crippen LogP contribution in [0, 0.1) is 0 Å². The molecule has 1 aromatic rings. The molecule has 0 atom stereocenters. The van der Waals surface area contributed by atoms with Gasteiger partial charge in [-0.1, -0.05) is 17.7 Å². The molecule has 1 aromatic carbocycles. The minimum atomic E-state index is -4.28. The van der Waals surface area contributed by atoms with Crippen molar-refractivity contribution in [1.29, 1.82) is 0 Å². The molecule has 0 saturated heterocycles. The molecule has 0 bridgehead atoms. The van der Waals surface area contributed by atoms with Crippen LogP contribution in [0.5, 0.6) is 5.75 Å². The molecule has 0 saturated carbocycles. The first-order chi connectivity index (χ1) is 8.78. The third-order valence-electron chi connectivity index (χ3n) is 2.02. The van der Waals surface area contributed by atoms with Gasteiger partial charge in [0.25, 0.3) is 0 Å². The topological polar surface area (TPSA) is 46.5 Å². The molecule has 0 spiro atoms. The summed E-state index contributed by atoms with van der Waals surface area (Å²) in [6.45, 7) is -0.520. The monoisotopic (exact) mass is 294 g/mol. The number of aliphatic carboxylic acids is 1. The van der Waals surface area contributed by atoms with Gasteiger partial charge in [-0.3, -0.25) is 0 Å². The van der Waals surface area contributed by atoms with Crippen molar-refractivity contribution in [2.24, 2.45) is 0 Å². The molecular formula is C12H10ClF3O3. The van der Waals surface area contributed by atoms with Gasteiger partial charge in [0.2, 0.25) is 0 Å². The number of carboxylic acids is 1. The Morgan fingerprint density at radius 1 is 1.42 bits per heavy atom. The first-order valence-electron chi connectivity index (χ1n) is 5.18. The van der Waals surface area contributed by atoms with E-state index in [9.17, 15) is 18.0 Å². The lowest BCUT2D eigenvalue weighted by atomic mass is 10.2. The van der Waals surface area contributed by atoms with Gasteiger partial charge in [-0.05, 0) is 23.8 Å². The Morgan fingerprint density at radius 2 is 2.11 bits per heavy atom. The summed E-state index contributed by atoms with van der Waals surface area (Å²) >= 11 is 5.81. The van der Waals surface area contributed by atoms with Gasteiger partial charge in [0, 0.05) is 6.08 Å². The van der Waals surface area contributed by atoms with Gasteiger partial charge in [-0.2, -0.15) is 13.2 Å². The molecule has 0 aliphatic rings. The Bertz CT molecular complexity index is 484. The molecule has 1 rings (SSSR count). The van der Waals surface area contributed by atoms with Crippen LogP contribution in [0.2, 0.25) is 5.02 Å². The number of carbonyl (C=O) groups is 1. The SMILES string of the molecule is O=C(O)C=Cc1ccc(OCCC(F)(F)F)c(Cl)c1. The molecule has 0 amide bonds. The van der Waals surface area contributed by atoms with E-state index in [1.807, 2.05) is 0 Å². The second kappa shape index (κ2) is 6.47. The minimum absolute atomic E-state index is 0.120. The molecule has 0 unspecified atom stereocenters. The third kappa shape index (κ3) is 6.15. The maximum absolute atomic E-state index is 11.9. The van der Waals surface area contributed by atoms with Crippen molar-refractivity contribution in [2.45, 2.75) is 12.6 Å². The first kappa shape index (κ1) is 15.4. The highest BCUT2D eigenvalue weighted by atomic mass is 35.5. The molecule has 0 radical (unpaired) electrons. The summed E-state index contributed by atoms with van der Waals surface area (Å²) in [7, 11) is 0. The predicted octanol–water partition coefficient (Wildman–Crippen LogP) is 3.77. The van der Waals surface area contributed by atoms with Crippen molar-refractivity contribution in [3.05, 3.63) is 34.9 Å². The van der Waals surface area contributed by atoms with Crippen LogP contribution in [-0.2, 0) is 4.79 Å². The van der Waals surface area contributed by atoms with E-state index in [0.717, 1.165) is 6.08 Å². The van der Waals surface area contributed by atoms with Crippen molar-refractivity contribution in [1.82, 2.24) is 0 Å². The number of benzene rings is 1. The number of carboxylic acid groups (broad SMARTS) is 1. The van der Waals surface area contributed by atoms with Crippen molar-refractivity contribution >= 4 is 23.6 Å². The molecule has 0 aromatic heterocycles. The molecule has 0 fully saturated rings. The number of halogens is 4. The second-order valence-electron chi connectivity index (χ2n) is 3.58. The molecule has 104 valence electrons. The summed E-state index contributed by atoms with van der Waals surface area (Å²) in [5.41, 5.74) is 0.510. The van der Waals surface area contributed by atoms with Crippen LogP contribution >= 0.6 is 11.6 Å². The highest BCUT2D eigenvalue weighted by Gasteiger charge is 2.26. The van der Waals surface area contributed by atoms with Crippen molar-refractivity contribution in [2.75, 3.05) is 6.61 Å². The Kier molecular flexibility index (Phi) is 5.23. The molecule has 0 aliphatic heterocycles. The molecule has 0 aliphatic carbocycles. The fourth-order valence-electron chi connectivity index (χ4n) is 1.18. The largest absolute Gasteiger partial charge is 0.492 e. The molecule has 0 heterocycles. The summed E-state index contributed by atoms with van der Waals surface area (Å²) in [6, 6.07) is 4.29. The van der Waals surface area contributed by atoms with Gasteiger partial charge in [0.05, 0.1) is 18.1 Å². The fourth-order valence-corrected chi connectivity index (χ4v) is 1.43. The fraction of sp³-hybridized carbons (Fsp3) is 0.250. The van der Waals surface area contributed by atoms with Crippen LogP contribution in [0.3, 0.4) is 0 Å². The first-order valence-corrected chi connectivity index (χ1v) is 5.56. The summed E-state index contributed by atoms with van der Waals surface area (Å²) < 4.78 is 40.7. The maximum Gasteiger partial charge on any atom is 0.392 e. The van der Waals surface area contributed by atoms with E-state index < -0.39 is 25.2 Å². The van der Waals surface area contributed by atoms with E-state index >= 15 is 0 Å². The van der Waals surface area contributed by atoms with Crippen molar-refractivity contribution < 1.29 is 27.8 Å². The van der Waals surface area contributed by atoms with Crippen LogP contribution in [0.4, 0.5) is 13.2 Å². The van der Waals surface area contributed by atoms with E-state index in [2.05, 4.69) is 0 Å². The molecule has 1 N–H and O–H groups in total. The Balaban J connectivity index is 2.65.